The number of hydrogen-bond donors (Lipinski definition) is 0. The molecule has 0 unspecified atom stereocenters. The lowest BCUT2D eigenvalue weighted by Crippen LogP contribution is -1.94. The van der Waals surface area contributed by atoms with Gasteiger partial charge in [-0.2, -0.15) is 4.52 Å². The minimum Gasteiger partial charge on any atom is -0.296 e. The van der Waals surface area contributed by atoms with Crippen molar-refractivity contribution in [3.63, 3.8) is 0 Å². The summed E-state index contributed by atoms with van der Waals surface area (Å²) in [6.07, 6.45) is 0. The average molecular weight is 326 g/mol. The number of benzene rings is 1. The molecule has 0 aliphatic carbocycles. The van der Waals surface area contributed by atoms with Gasteiger partial charge in [0.2, 0.25) is 5.78 Å². The number of aromatic nitrogens is 4. The van der Waals surface area contributed by atoms with Crippen LogP contribution in [-0.2, 0) is 7.05 Å². The lowest BCUT2D eigenvalue weighted by Gasteiger charge is -2.02. The van der Waals surface area contributed by atoms with Crippen LogP contribution in [0, 0.1) is 6.92 Å². The monoisotopic (exact) mass is 324 g/mol. The van der Waals surface area contributed by atoms with Gasteiger partial charge in [-0.3, -0.25) is 4.57 Å². The molecule has 0 fully saturated rings. The van der Waals surface area contributed by atoms with Crippen LogP contribution in [0.4, 0.5) is 0 Å². The maximum Gasteiger partial charge on any atom is 0.233 e. The van der Waals surface area contributed by atoms with Crippen molar-refractivity contribution in [2.45, 2.75) is 6.92 Å². The van der Waals surface area contributed by atoms with Crippen LogP contribution in [0.1, 0.15) is 5.69 Å². The summed E-state index contributed by atoms with van der Waals surface area (Å²) in [5.41, 5.74) is 1.82. The van der Waals surface area contributed by atoms with E-state index in [2.05, 4.69) is 26.0 Å². The van der Waals surface area contributed by atoms with E-state index in [9.17, 15) is 0 Å². The molecule has 0 saturated heterocycles. The molecule has 0 radical (unpaired) electrons. The molecule has 3 rings (SSSR count). The first-order chi connectivity index (χ1) is 8.59. The smallest absolute Gasteiger partial charge is 0.233 e. The Morgan fingerprint density at radius 2 is 2.00 bits per heavy atom. The van der Waals surface area contributed by atoms with E-state index in [-0.39, 0.29) is 0 Å². The van der Waals surface area contributed by atoms with Crippen molar-refractivity contribution in [3.8, 4) is 11.4 Å². The van der Waals surface area contributed by atoms with Crippen molar-refractivity contribution >= 4 is 33.3 Å². The van der Waals surface area contributed by atoms with Gasteiger partial charge < -0.3 is 0 Å². The van der Waals surface area contributed by atoms with Gasteiger partial charge in [-0.05, 0) is 35.0 Å². The van der Waals surface area contributed by atoms with Crippen LogP contribution in [0.15, 0.2) is 28.9 Å². The first-order valence-corrected chi connectivity index (χ1v) is 6.59. The summed E-state index contributed by atoms with van der Waals surface area (Å²) in [6, 6.07) is 7.65. The second-order valence-corrected chi connectivity index (χ2v) is 5.22. The predicted molar refractivity (Wildman–Crippen MR) is 74.8 cm³/mol. The Labute approximate surface area is 117 Å². The number of nitrogens with zero attached hydrogens (tertiary/aromatic N) is 4. The van der Waals surface area contributed by atoms with E-state index in [4.69, 9.17) is 11.6 Å². The molecule has 0 saturated carbocycles. The molecule has 4 nitrogen and oxygen atoms in total. The minimum absolute atomic E-state index is 0.682. The Balaban J connectivity index is 2.31. The Kier molecular flexibility index (Phi) is 2.68. The van der Waals surface area contributed by atoms with Crippen LogP contribution < -0.4 is 0 Å². The zero-order chi connectivity index (χ0) is 12.9. The molecule has 0 atom stereocenters. The van der Waals surface area contributed by atoms with E-state index in [1.165, 1.54) is 0 Å². The SMILES string of the molecule is Cc1nc2n(C)c(-c3ccccc3Cl)nn2c1Br. The van der Waals surface area contributed by atoms with Crippen LogP contribution in [-0.4, -0.2) is 19.2 Å². The Morgan fingerprint density at radius 3 is 2.67 bits per heavy atom. The Morgan fingerprint density at radius 1 is 1.28 bits per heavy atom. The fraction of sp³-hybridized carbons (Fsp3) is 0.167. The highest BCUT2D eigenvalue weighted by Crippen LogP contribution is 2.28. The van der Waals surface area contributed by atoms with Crippen molar-refractivity contribution in [3.05, 3.63) is 39.6 Å². The topological polar surface area (TPSA) is 35.1 Å². The maximum atomic E-state index is 6.20. The number of fused-ring (bicyclic) bond motifs is 1. The van der Waals surface area contributed by atoms with Gasteiger partial charge in [-0.1, -0.05) is 23.7 Å². The maximum absolute atomic E-state index is 6.20. The molecular formula is C12H10BrClN4. The molecule has 0 aliphatic heterocycles. The molecule has 92 valence electrons. The summed E-state index contributed by atoms with van der Waals surface area (Å²) in [5.74, 6) is 1.58. The van der Waals surface area contributed by atoms with E-state index < -0.39 is 0 Å². The van der Waals surface area contributed by atoms with E-state index in [0.29, 0.717) is 5.02 Å². The van der Waals surface area contributed by atoms with Gasteiger partial charge in [0, 0.05) is 12.6 Å². The lowest BCUT2D eigenvalue weighted by atomic mass is 10.2. The van der Waals surface area contributed by atoms with Crippen molar-refractivity contribution in [1.82, 2.24) is 19.2 Å². The molecule has 2 heterocycles. The molecule has 1 aromatic carbocycles. The molecule has 18 heavy (non-hydrogen) atoms. The third-order valence-corrected chi connectivity index (χ3v) is 4.11. The molecule has 3 aromatic rings. The van der Waals surface area contributed by atoms with Crippen molar-refractivity contribution in [2.24, 2.45) is 7.05 Å². The summed E-state index contributed by atoms with van der Waals surface area (Å²) in [7, 11) is 1.93. The molecule has 6 heteroatoms. The standard InChI is InChI=1S/C12H10BrClN4/c1-7-10(13)18-12(15-7)17(2)11(16-18)8-5-3-4-6-9(8)14/h3-6H,1-2H3. The largest absolute Gasteiger partial charge is 0.296 e. The summed E-state index contributed by atoms with van der Waals surface area (Å²) >= 11 is 9.68. The fourth-order valence-corrected chi connectivity index (χ4v) is 2.47. The summed E-state index contributed by atoms with van der Waals surface area (Å²) < 4.78 is 4.57. The van der Waals surface area contributed by atoms with Crippen LogP contribution in [0.3, 0.4) is 0 Å². The number of hydrogen-bond acceptors (Lipinski definition) is 2. The van der Waals surface area contributed by atoms with Gasteiger partial charge in [0.15, 0.2) is 5.82 Å². The normalized spacial score (nSPS) is 11.3. The number of aryl methyl sites for hydroxylation is 2. The fourth-order valence-electron chi connectivity index (χ4n) is 1.92. The molecule has 0 amide bonds. The first kappa shape index (κ1) is 11.7. The molecule has 0 bridgehead atoms. The molecule has 2 aromatic heterocycles. The zero-order valence-electron chi connectivity index (χ0n) is 9.85. The molecular weight excluding hydrogens is 316 g/mol. The molecule has 0 N–H and O–H groups in total. The number of halogens is 2. The van der Waals surface area contributed by atoms with E-state index >= 15 is 0 Å². The van der Waals surface area contributed by atoms with Gasteiger partial charge in [-0.15, -0.1) is 5.10 Å². The summed E-state index contributed by atoms with van der Waals surface area (Å²) in [4.78, 5) is 4.46. The highest BCUT2D eigenvalue weighted by atomic mass is 79.9. The van der Waals surface area contributed by atoms with Gasteiger partial charge in [0.05, 0.1) is 10.7 Å². The van der Waals surface area contributed by atoms with E-state index in [1.54, 1.807) is 4.52 Å². The second-order valence-electron chi connectivity index (χ2n) is 4.06. The minimum atomic E-state index is 0.682. The quantitative estimate of drug-likeness (QED) is 0.687. The van der Waals surface area contributed by atoms with Crippen LogP contribution in [0.2, 0.25) is 5.02 Å². The highest BCUT2D eigenvalue weighted by Gasteiger charge is 2.17. The molecule has 0 spiro atoms. The average Bonchev–Trinajstić information content (AvgIpc) is 2.81. The Hall–Kier alpha value is -1.33. The van der Waals surface area contributed by atoms with Crippen LogP contribution in [0.5, 0.6) is 0 Å². The predicted octanol–water partition coefficient (Wildman–Crippen LogP) is 3.46. The number of rotatable bonds is 1. The van der Waals surface area contributed by atoms with Gasteiger partial charge in [0.25, 0.3) is 0 Å². The van der Waals surface area contributed by atoms with Crippen molar-refractivity contribution in [2.75, 3.05) is 0 Å². The van der Waals surface area contributed by atoms with Crippen LogP contribution in [0.25, 0.3) is 17.2 Å². The van der Waals surface area contributed by atoms with Crippen molar-refractivity contribution in [1.29, 1.82) is 0 Å². The van der Waals surface area contributed by atoms with Gasteiger partial charge in [0.1, 0.15) is 4.60 Å². The summed E-state index contributed by atoms with van der Waals surface area (Å²) in [6.45, 7) is 1.94. The zero-order valence-corrected chi connectivity index (χ0v) is 12.2. The van der Waals surface area contributed by atoms with Gasteiger partial charge in [-0.25, -0.2) is 4.98 Å². The number of imidazole rings is 1. The highest BCUT2D eigenvalue weighted by molar-refractivity contribution is 9.10. The van der Waals surface area contributed by atoms with E-state index in [0.717, 1.165) is 27.5 Å². The third-order valence-electron chi connectivity index (χ3n) is 2.87. The first-order valence-electron chi connectivity index (χ1n) is 5.42. The van der Waals surface area contributed by atoms with Crippen LogP contribution >= 0.6 is 27.5 Å². The second kappa shape index (κ2) is 4.10. The summed E-state index contributed by atoms with van der Waals surface area (Å²) in [5, 5.41) is 5.23. The van der Waals surface area contributed by atoms with E-state index in [1.807, 2.05) is 42.8 Å². The van der Waals surface area contributed by atoms with Gasteiger partial charge >= 0.3 is 0 Å². The third kappa shape index (κ3) is 1.58. The lowest BCUT2D eigenvalue weighted by molar-refractivity contribution is 0.937. The van der Waals surface area contributed by atoms with Crippen molar-refractivity contribution < 1.29 is 0 Å². The molecule has 0 aliphatic rings. The Bertz CT molecular complexity index is 744.